The van der Waals surface area contributed by atoms with Crippen LogP contribution in [0, 0.1) is 23.7 Å². The van der Waals surface area contributed by atoms with Crippen molar-refractivity contribution in [2.24, 2.45) is 5.41 Å². The lowest BCUT2D eigenvalue weighted by molar-refractivity contribution is 0.267. The third-order valence-corrected chi connectivity index (χ3v) is 3.79. The zero-order chi connectivity index (χ0) is 13.2. The molecule has 1 aromatic carbocycles. The first-order valence-corrected chi connectivity index (χ1v) is 6.71. The fourth-order valence-electron chi connectivity index (χ4n) is 2.42. The fraction of sp³-hybridized carbons (Fsp3) is 0.562. The Morgan fingerprint density at radius 3 is 2.72 bits per heavy atom. The number of hydrogen-bond acceptors (Lipinski definition) is 2. The summed E-state index contributed by atoms with van der Waals surface area (Å²) in [6.07, 6.45) is 2.40. The molecule has 0 saturated heterocycles. The Balaban J connectivity index is 1.80. The highest BCUT2D eigenvalue weighted by atomic mass is 14.9. The maximum atomic E-state index is 8.97. The largest absolute Gasteiger partial charge is 0.312 e. The van der Waals surface area contributed by atoms with E-state index in [1.54, 1.807) is 0 Å². The number of nitrogens with zero attached hydrogens (tertiary/aromatic N) is 1. The minimum atomic E-state index is -0.256. The van der Waals surface area contributed by atoms with Gasteiger partial charge in [-0.2, -0.15) is 5.26 Å². The second-order valence-corrected chi connectivity index (χ2v) is 6.16. The van der Waals surface area contributed by atoms with Crippen LogP contribution in [0.2, 0.25) is 0 Å². The standard InChI is InChI=1S/C16H22N2/c1-12-5-4-6-13(7-12)14-8-15(9-14)18-11-16(2,3)10-17/h4-7,14-15,18H,8-9,11H2,1-3H3. The second-order valence-electron chi connectivity index (χ2n) is 6.16. The Kier molecular flexibility index (Phi) is 3.73. The Labute approximate surface area is 110 Å². The molecule has 2 heteroatoms. The molecule has 0 heterocycles. The van der Waals surface area contributed by atoms with Crippen molar-refractivity contribution in [1.29, 1.82) is 5.26 Å². The van der Waals surface area contributed by atoms with Gasteiger partial charge in [-0.05, 0) is 45.1 Å². The van der Waals surface area contributed by atoms with Crippen LogP contribution in [0.5, 0.6) is 0 Å². The normalized spacial score (nSPS) is 23.2. The van der Waals surface area contributed by atoms with E-state index in [1.165, 1.54) is 24.0 Å². The third kappa shape index (κ3) is 3.11. The van der Waals surface area contributed by atoms with Crippen LogP contribution < -0.4 is 5.32 Å². The number of rotatable bonds is 4. The molecular formula is C16H22N2. The van der Waals surface area contributed by atoms with Crippen LogP contribution in [-0.4, -0.2) is 12.6 Å². The van der Waals surface area contributed by atoms with Crippen molar-refractivity contribution in [2.75, 3.05) is 6.54 Å². The maximum Gasteiger partial charge on any atom is 0.0697 e. The Hall–Kier alpha value is -1.33. The average molecular weight is 242 g/mol. The molecule has 1 aromatic rings. The topological polar surface area (TPSA) is 35.8 Å². The molecule has 2 nitrogen and oxygen atoms in total. The van der Waals surface area contributed by atoms with Gasteiger partial charge in [0.25, 0.3) is 0 Å². The van der Waals surface area contributed by atoms with Gasteiger partial charge in [0, 0.05) is 12.6 Å². The van der Waals surface area contributed by atoms with E-state index in [0.29, 0.717) is 12.0 Å². The molecular weight excluding hydrogens is 220 g/mol. The molecule has 0 spiro atoms. The van der Waals surface area contributed by atoms with Crippen molar-refractivity contribution in [3.63, 3.8) is 0 Å². The molecule has 1 N–H and O–H groups in total. The van der Waals surface area contributed by atoms with Gasteiger partial charge in [0.2, 0.25) is 0 Å². The van der Waals surface area contributed by atoms with Gasteiger partial charge in [0.15, 0.2) is 0 Å². The molecule has 0 bridgehead atoms. The minimum Gasteiger partial charge on any atom is -0.312 e. The molecule has 0 amide bonds. The van der Waals surface area contributed by atoms with E-state index in [0.717, 1.165) is 6.54 Å². The van der Waals surface area contributed by atoms with Gasteiger partial charge in [-0.15, -0.1) is 0 Å². The predicted molar refractivity (Wildman–Crippen MR) is 74.3 cm³/mol. The van der Waals surface area contributed by atoms with Crippen LogP contribution in [0.3, 0.4) is 0 Å². The summed E-state index contributed by atoms with van der Waals surface area (Å²) in [7, 11) is 0. The first-order valence-electron chi connectivity index (χ1n) is 6.71. The van der Waals surface area contributed by atoms with Crippen LogP contribution in [-0.2, 0) is 0 Å². The number of benzene rings is 1. The molecule has 1 saturated carbocycles. The molecule has 96 valence electrons. The fourth-order valence-corrected chi connectivity index (χ4v) is 2.42. The van der Waals surface area contributed by atoms with Gasteiger partial charge in [0.05, 0.1) is 11.5 Å². The van der Waals surface area contributed by atoms with Crippen molar-refractivity contribution < 1.29 is 0 Å². The van der Waals surface area contributed by atoms with E-state index in [2.05, 4.69) is 42.6 Å². The second kappa shape index (κ2) is 5.12. The van der Waals surface area contributed by atoms with E-state index in [9.17, 15) is 0 Å². The van der Waals surface area contributed by atoms with E-state index in [-0.39, 0.29) is 5.41 Å². The average Bonchev–Trinajstić information content (AvgIpc) is 2.27. The summed E-state index contributed by atoms with van der Waals surface area (Å²) in [5.41, 5.74) is 2.55. The lowest BCUT2D eigenvalue weighted by Gasteiger charge is -2.37. The van der Waals surface area contributed by atoms with Crippen LogP contribution in [0.1, 0.15) is 43.7 Å². The van der Waals surface area contributed by atoms with Crippen molar-refractivity contribution in [2.45, 2.75) is 45.6 Å². The predicted octanol–water partition coefficient (Wildman–Crippen LogP) is 3.38. The molecule has 18 heavy (non-hydrogen) atoms. The highest BCUT2D eigenvalue weighted by molar-refractivity contribution is 5.27. The van der Waals surface area contributed by atoms with Gasteiger partial charge in [-0.25, -0.2) is 0 Å². The molecule has 0 atom stereocenters. The van der Waals surface area contributed by atoms with Crippen molar-refractivity contribution in [3.8, 4) is 6.07 Å². The molecule has 0 unspecified atom stereocenters. The molecule has 0 aliphatic heterocycles. The maximum absolute atomic E-state index is 8.97. The summed E-state index contributed by atoms with van der Waals surface area (Å²) in [5, 5.41) is 12.5. The number of aryl methyl sites for hydroxylation is 1. The lowest BCUT2D eigenvalue weighted by Crippen LogP contribution is -2.43. The van der Waals surface area contributed by atoms with Crippen LogP contribution in [0.4, 0.5) is 0 Å². The number of nitrogens with one attached hydrogen (secondary N) is 1. The Bertz CT molecular complexity index is 450. The summed E-state index contributed by atoms with van der Waals surface area (Å²) >= 11 is 0. The highest BCUT2D eigenvalue weighted by Gasteiger charge is 2.31. The summed E-state index contributed by atoms with van der Waals surface area (Å²) in [5.74, 6) is 0.701. The summed E-state index contributed by atoms with van der Waals surface area (Å²) in [6, 6.07) is 11.7. The van der Waals surface area contributed by atoms with Crippen molar-refractivity contribution in [3.05, 3.63) is 35.4 Å². The molecule has 1 aliphatic rings. The monoisotopic (exact) mass is 242 g/mol. The SMILES string of the molecule is Cc1cccc(C2CC(NCC(C)(C)C#N)C2)c1. The van der Waals surface area contributed by atoms with Crippen LogP contribution >= 0.6 is 0 Å². The molecule has 0 radical (unpaired) electrons. The van der Waals surface area contributed by atoms with Gasteiger partial charge in [-0.1, -0.05) is 29.8 Å². The summed E-state index contributed by atoms with van der Waals surface area (Å²) in [4.78, 5) is 0. The van der Waals surface area contributed by atoms with Crippen molar-refractivity contribution in [1.82, 2.24) is 5.32 Å². The van der Waals surface area contributed by atoms with Gasteiger partial charge in [-0.3, -0.25) is 0 Å². The highest BCUT2D eigenvalue weighted by Crippen LogP contribution is 2.37. The number of nitriles is 1. The summed E-state index contributed by atoms with van der Waals surface area (Å²) < 4.78 is 0. The Morgan fingerprint density at radius 2 is 2.11 bits per heavy atom. The van der Waals surface area contributed by atoms with Crippen LogP contribution in [0.25, 0.3) is 0 Å². The molecule has 2 rings (SSSR count). The first kappa shape index (κ1) is 13.1. The zero-order valence-corrected chi connectivity index (χ0v) is 11.5. The van der Waals surface area contributed by atoms with E-state index in [4.69, 9.17) is 5.26 Å². The zero-order valence-electron chi connectivity index (χ0n) is 11.5. The van der Waals surface area contributed by atoms with Gasteiger partial charge in [0.1, 0.15) is 0 Å². The minimum absolute atomic E-state index is 0.256. The van der Waals surface area contributed by atoms with Crippen LogP contribution in [0.15, 0.2) is 24.3 Å². The number of hydrogen-bond donors (Lipinski definition) is 1. The third-order valence-electron chi connectivity index (χ3n) is 3.79. The summed E-state index contributed by atoms with van der Waals surface area (Å²) in [6.45, 7) is 6.90. The molecule has 1 fully saturated rings. The van der Waals surface area contributed by atoms with Gasteiger partial charge < -0.3 is 5.32 Å². The lowest BCUT2D eigenvalue weighted by atomic mass is 9.75. The Morgan fingerprint density at radius 1 is 1.39 bits per heavy atom. The van der Waals surface area contributed by atoms with E-state index in [1.807, 2.05) is 13.8 Å². The molecule has 1 aliphatic carbocycles. The van der Waals surface area contributed by atoms with Gasteiger partial charge >= 0.3 is 0 Å². The van der Waals surface area contributed by atoms with E-state index < -0.39 is 0 Å². The first-order chi connectivity index (χ1) is 8.50. The van der Waals surface area contributed by atoms with E-state index >= 15 is 0 Å². The van der Waals surface area contributed by atoms with Crippen molar-refractivity contribution >= 4 is 0 Å². The smallest absolute Gasteiger partial charge is 0.0697 e. The molecule has 0 aromatic heterocycles. The quantitative estimate of drug-likeness (QED) is 0.878.